The molecule has 7 nitrogen and oxygen atoms in total. The van der Waals surface area contributed by atoms with Crippen LogP contribution in [0.15, 0.2) is 89.7 Å². The molecule has 2 aromatic heterocycles. The number of aromatic nitrogens is 1. The van der Waals surface area contributed by atoms with Gasteiger partial charge in [0.2, 0.25) is 5.88 Å². The lowest BCUT2D eigenvalue weighted by Gasteiger charge is -2.08. The maximum Gasteiger partial charge on any atom is 0.291 e. The Bertz CT molecular complexity index is 1170. The minimum atomic E-state index is -0.360. The Morgan fingerprint density at radius 3 is 2.19 bits per heavy atom. The zero-order valence-corrected chi connectivity index (χ0v) is 16.7. The van der Waals surface area contributed by atoms with Crippen molar-refractivity contribution >= 4 is 23.2 Å². The summed E-state index contributed by atoms with van der Waals surface area (Å²) in [5, 5.41) is 5.48. The van der Waals surface area contributed by atoms with Crippen LogP contribution < -0.4 is 15.4 Å². The topological polar surface area (TPSA) is 93.5 Å². The summed E-state index contributed by atoms with van der Waals surface area (Å²) in [6.07, 6.45) is 2.96. The van der Waals surface area contributed by atoms with Crippen LogP contribution in [-0.2, 0) is 0 Å². The van der Waals surface area contributed by atoms with E-state index in [1.54, 1.807) is 48.5 Å². The van der Waals surface area contributed by atoms with Crippen molar-refractivity contribution in [2.45, 2.75) is 6.92 Å². The Balaban J connectivity index is 1.34. The van der Waals surface area contributed by atoms with Gasteiger partial charge in [0, 0.05) is 17.3 Å². The van der Waals surface area contributed by atoms with Gasteiger partial charge in [-0.2, -0.15) is 0 Å². The van der Waals surface area contributed by atoms with Gasteiger partial charge in [0.1, 0.15) is 5.75 Å². The van der Waals surface area contributed by atoms with Crippen LogP contribution in [0.3, 0.4) is 0 Å². The standard InChI is InChI=1S/C24H19N3O4/c1-16-4-11-20(12-5-16)31-22-13-10-19(15-25-22)27-23(28)17-6-8-18(9-7-17)26-24(29)21-3-2-14-30-21/h2-15H,1H3,(H,26,29)(H,27,28). The third-order valence-corrected chi connectivity index (χ3v) is 4.39. The van der Waals surface area contributed by atoms with Gasteiger partial charge < -0.3 is 19.8 Å². The molecule has 0 saturated heterocycles. The van der Waals surface area contributed by atoms with Crippen molar-refractivity contribution in [2.24, 2.45) is 0 Å². The average molecular weight is 413 g/mol. The highest BCUT2D eigenvalue weighted by atomic mass is 16.5. The molecule has 0 atom stereocenters. The third kappa shape index (κ3) is 5.16. The Morgan fingerprint density at radius 1 is 0.839 bits per heavy atom. The van der Waals surface area contributed by atoms with Crippen molar-refractivity contribution in [3.8, 4) is 11.6 Å². The van der Waals surface area contributed by atoms with Crippen LogP contribution >= 0.6 is 0 Å². The highest BCUT2D eigenvalue weighted by Crippen LogP contribution is 2.21. The van der Waals surface area contributed by atoms with E-state index >= 15 is 0 Å². The first-order chi connectivity index (χ1) is 15.1. The van der Waals surface area contributed by atoms with Gasteiger partial charge in [0.05, 0.1) is 18.1 Å². The lowest BCUT2D eigenvalue weighted by Crippen LogP contribution is -2.13. The van der Waals surface area contributed by atoms with Crippen LogP contribution in [0.4, 0.5) is 11.4 Å². The van der Waals surface area contributed by atoms with E-state index in [-0.39, 0.29) is 17.6 Å². The molecule has 31 heavy (non-hydrogen) atoms. The number of benzene rings is 2. The molecule has 0 aliphatic carbocycles. The van der Waals surface area contributed by atoms with Gasteiger partial charge in [0.25, 0.3) is 11.8 Å². The van der Waals surface area contributed by atoms with Crippen LogP contribution in [0.25, 0.3) is 0 Å². The number of ether oxygens (including phenoxy) is 1. The van der Waals surface area contributed by atoms with E-state index in [0.717, 1.165) is 5.56 Å². The number of nitrogens with zero attached hydrogens (tertiary/aromatic N) is 1. The second-order valence-corrected chi connectivity index (χ2v) is 6.76. The molecule has 4 aromatic rings. The molecule has 2 aromatic carbocycles. The fourth-order valence-electron chi connectivity index (χ4n) is 2.75. The summed E-state index contributed by atoms with van der Waals surface area (Å²) in [5.41, 5.74) is 2.68. The minimum Gasteiger partial charge on any atom is -0.459 e. The lowest BCUT2D eigenvalue weighted by atomic mass is 10.2. The van der Waals surface area contributed by atoms with Gasteiger partial charge in [0.15, 0.2) is 5.76 Å². The van der Waals surface area contributed by atoms with E-state index in [2.05, 4.69) is 15.6 Å². The van der Waals surface area contributed by atoms with Gasteiger partial charge >= 0.3 is 0 Å². The second-order valence-electron chi connectivity index (χ2n) is 6.76. The number of aryl methyl sites for hydroxylation is 1. The molecule has 0 bridgehead atoms. The number of hydrogen-bond donors (Lipinski definition) is 2. The third-order valence-electron chi connectivity index (χ3n) is 4.39. The summed E-state index contributed by atoms with van der Waals surface area (Å²) >= 11 is 0. The van der Waals surface area contributed by atoms with Crippen molar-refractivity contribution in [2.75, 3.05) is 10.6 Å². The summed E-state index contributed by atoms with van der Waals surface area (Å²) in [6, 6.07) is 20.8. The number of pyridine rings is 1. The molecule has 0 spiro atoms. The van der Waals surface area contributed by atoms with Gasteiger partial charge in [-0.05, 0) is 61.5 Å². The summed E-state index contributed by atoms with van der Waals surface area (Å²) in [7, 11) is 0. The number of hydrogen-bond acceptors (Lipinski definition) is 5. The second kappa shape index (κ2) is 8.96. The molecule has 4 rings (SSSR count). The molecular weight excluding hydrogens is 394 g/mol. The van der Waals surface area contributed by atoms with Crippen molar-refractivity contribution in [1.82, 2.24) is 4.98 Å². The van der Waals surface area contributed by atoms with Crippen molar-refractivity contribution in [3.05, 3.63) is 102 Å². The van der Waals surface area contributed by atoms with E-state index in [1.165, 1.54) is 12.5 Å². The van der Waals surface area contributed by atoms with Crippen LogP contribution in [0.1, 0.15) is 26.5 Å². The normalized spacial score (nSPS) is 10.4. The Morgan fingerprint density at radius 2 is 1.55 bits per heavy atom. The average Bonchev–Trinajstić information content (AvgIpc) is 3.32. The number of nitrogens with one attached hydrogen (secondary N) is 2. The van der Waals surface area contributed by atoms with Crippen molar-refractivity contribution in [1.29, 1.82) is 0 Å². The molecule has 154 valence electrons. The number of furan rings is 1. The fraction of sp³-hybridized carbons (Fsp3) is 0.0417. The van der Waals surface area contributed by atoms with Gasteiger partial charge in [-0.15, -0.1) is 0 Å². The van der Waals surface area contributed by atoms with E-state index in [4.69, 9.17) is 9.15 Å². The highest BCUT2D eigenvalue weighted by molar-refractivity contribution is 6.05. The van der Waals surface area contributed by atoms with Crippen molar-refractivity contribution in [3.63, 3.8) is 0 Å². The monoisotopic (exact) mass is 413 g/mol. The smallest absolute Gasteiger partial charge is 0.291 e. The minimum absolute atomic E-state index is 0.212. The predicted molar refractivity (Wildman–Crippen MR) is 117 cm³/mol. The maximum absolute atomic E-state index is 12.5. The molecule has 0 unspecified atom stereocenters. The zero-order valence-electron chi connectivity index (χ0n) is 16.7. The highest BCUT2D eigenvalue weighted by Gasteiger charge is 2.10. The number of carbonyl (C=O) groups excluding carboxylic acids is 2. The molecule has 0 saturated carbocycles. The van der Waals surface area contributed by atoms with E-state index in [9.17, 15) is 9.59 Å². The van der Waals surface area contributed by atoms with E-state index in [0.29, 0.717) is 28.6 Å². The number of amides is 2. The van der Waals surface area contributed by atoms with E-state index in [1.807, 2.05) is 31.2 Å². The van der Waals surface area contributed by atoms with Crippen LogP contribution in [-0.4, -0.2) is 16.8 Å². The van der Waals surface area contributed by atoms with Gasteiger partial charge in [-0.25, -0.2) is 4.98 Å². The molecule has 0 aliphatic rings. The van der Waals surface area contributed by atoms with Crippen LogP contribution in [0.2, 0.25) is 0 Å². The summed E-state index contributed by atoms with van der Waals surface area (Å²) < 4.78 is 10.7. The Hall–Kier alpha value is -4.39. The maximum atomic E-state index is 12.5. The number of carbonyl (C=O) groups is 2. The Kier molecular flexibility index (Phi) is 5.75. The molecule has 0 radical (unpaired) electrons. The molecule has 7 heteroatoms. The zero-order chi connectivity index (χ0) is 21.6. The first-order valence-electron chi connectivity index (χ1n) is 9.54. The first kappa shape index (κ1) is 19.9. The van der Waals surface area contributed by atoms with Gasteiger partial charge in [-0.1, -0.05) is 17.7 Å². The summed E-state index contributed by atoms with van der Waals surface area (Å²) in [5.74, 6) is 0.677. The lowest BCUT2D eigenvalue weighted by molar-refractivity contribution is 0.0995. The molecular formula is C24H19N3O4. The molecule has 2 amide bonds. The molecule has 0 aliphatic heterocycles. The summed E-state index contributed by atoms with van der Waals surface area (Å²) in [4.78, 5) is 28.7. The summed E-state index contributed by atoms with van der Waals surface area (Å²) in [6.45, 7) is 2.00. The fourth-order valence-corrected chi connectivity index (χ4v) is 2.75. The van der Waals surface area contributed by atoms with Crippen LogP contribution in [0.5, 0.6) is 11.6 Å². The largest absolute Gasteiger partial charge is 0.459 e. The van der Waals surface area contributed by atoms with Crippen LogP contribution in [0, 0.1) is 6.92 Å². The van der Waals surface area contributed by atoms with Crippen molar-refractivity contribution < 1.29 is 18.7 Å². The SMILES string of the molecule is Cc1ccc(Oc2ccc(NC(=O)c3ccc(NC(=O)c4ccco4)cc3)cn2)cc1. The van der Waals surface area contributed by atoms with E-state index < -0.39 is 0 Å². The Labute approximate surface area is 178 Å². The quantitative estimate of drug-likeness (QED) is 0.449. The first-order valence-corrected chi connectivity index (χ1v) is 9.54. The molecule has 0 fully saturated rings. The predicted octanol–water partition coefficient (Wildman–Crippen LogP) is 5.28. The molecule has 2 heterocycles. The molecule has 2 N–H and O–H groups in total. The number of rotatable bonds is 6. The van der Waals surface area contributed by atoms with Gasteiger partial charge in [-0.3, -0.25) is 9.59 Å². The number of anilines is 2.